The van der Waals surface area contributed by atoms with Gasteiger partial charge in [-0.1, -0.05) is 17.3 Å². The minimum atomic E-state index is -0.314. The summed E-state index contributed by atoms with van der Waals surface area (Å²) in [7, 11) is 0. The molecule has 27 heavy (non-hydrogen) atoms. The van der Waals surface area contributed by atoms with E-state index in [4.69, 9.17) is 4.74 Å². The number of ether oxygens (including phenoxy) is 1. The number of amides is 1. The minimum Gasteiger partial charge on any atom is -0.373 e. The molecule has 2 unspecified atom stereocenters. The highest BCUT2D eigenvalue weighted by atomic mass is 16.5. The van der Waals surface area contributed by atoms with E-state index in [1.54, 1.807) is 24.3 Å². The van der Waals surface area contributed by atoms with E-state index >= 15 is 0 Å². The zero-order chi connectivity index (χ0) is 19.6. The summed E-state index contributed by atoms with van der Waals surface area (Å²) < 4.78 is 6.88. The maximum absolute atomic E-state index is 12.4. The van der Waals surface area contributed by atoms with Gasteiger partial charge in [0.15, 0.2) is 0 Å². The first kappa shape index (κ1) is 19.4. The lowest BCUT2D eigenvalue weighted by atomic mass is 10.00. The van der Waals surface area contributed by atoms with Crippen LogP contribution in [0.5, 0.6) is 0 Å². The van der Waals surface area contributed by atoms with Crippen molar-refractivity contribution >= 4 is 16.8 Å². The van der Waals surface area contributed by atoms with Crippen molar-refractivity contribution < 1.29 is 9.53 Å². The fraction of sp³-hybridized carbons (Fsp3) is 0.579. The zero-order valence-electron chi connectivity index (χ0n) is 16.3. The molecule has 1 aliphatic rings. The highest BCUT2D eigenvalue weighted by molar-refractivity contribution is 5.78. The van der Waals surface area contributed by atoms with Gasteiger partial charge in [-0.05, 0) is 39.8 Å². The highest BCUT2D eigenvalue weighted by Crippen LogP contribution is 2.20. The van der Waals surface area contributed by atoms with Gasteiger partial charge in [0, 0.05) is 25.2 Å². The van der Waals surface area contributed by atoms with E-state index in [-0.39, 0.29) is 35.8 Å². The molecule has 0 spiro atoms. The lowest BCUT2D eigenvalue weighted by Crippen LogP contribution is -2.58. The Bertz CT molecular complexity index is 869. The van der Waals surface area contributed by atoms with Crippen LogP contribution < -0.4 is 10.9 Å². The van der Waals surface area contributed by atoms with Crippen LogP contribution in [0.4, 0.5) is 0 Å². The Balaban J connectivity index is 1.62. The summed E-state index contributed by atoms with van der Waals surface area (Å²) >= 11 is 0. The largest absolute Gasteiger partial charge is 0.373 e. The van der Waals surface area contributed by atoms with Crippen LogP contribution in [0.3, 0.4) is 0 Å². The van der Waals surface area contributed by atoms with Crippen molar-refractivity contribution in [2.45, 2.75) is 52.0 Å². The molecule has 1 saturated heterocycles. The second-order valence-corrected chi connectivity index (χ2v) is 7.82. The van der Waals surface area contributed by atoms with Crippen molar-refractivity contribution in [1.29, 1.82) is 0 Å². The van der Waals surface area contributed by atoms with Crippen LogP contribution in [0, 0.1) is 0 Å². The number of nitrogens with one attached hydrogen (secondary N) is 1. The summed E-state index contributed by atoms with van der Waals surface area (Å²) in [6.07, 6.45) is 0.324. The number of nitrogens with zero attached hydrogens (tertiary/aromatic N) is 4. The third kappa shape index (κ3) is 4.51. The van der Waals surface area contributed by atoms with E-state index < -0.39 is 0 Å². The molecule has 0 aliphatic carbocycles. The number of rotatable bonds is 5. The smallest absolute Gasteiger partial charge is 0.278 e. The van der Waals surface area contributed by atoms with Crippen molar-refractivity contribution in [1.82, 2.24) is 25.2 Å². The van der Waals surface area contributed by atoms with E-state index in [2.05, 4.69) is 48.2 Å². The number of fused-ring (bicyclic) bond motifs is 1. The van der Waals surface area contributed by atoms with Crippen LogP contribution >= 0.6 is 0 Å². The number of morpholine rings is 1. The predicted molar refractivity (Wildman–Crippen MR) is 102 cm³/mol. The van der Waals surface area contributed by atoms with Gasteiger partial charge in [-0.2, -0.15) is 0 Å². The Labute approximate surface area is 158 Å². The molecular weight excluding hydrogens is 346 g/mol. The molecule has 1 fully saturated rings. The fourth-order valence-corrected chi connectivity index (χ4v) is 3.42. The molecule has 3 rings (SSSR count). The third-order valence-electron chi connectivity index (χ3n) is 4.92. The predicted octanol–water partition coefficient (Wildman–Crippen LogP) is 0.796. The SMILES string of the molecule is CC1CN(C(C)(C)CNC(=O)Cn2nnc3ccccc3c2=O)CC(C)O1. The first-order chi connectivity index (χ1) is 12.8. The molecule has 0 bridgehead atoms. The Hall–Kier alpha value is -2.32. The average molecular weight is 373 g/mol. The molecule has 0 radical (unpaired) electrons. The molecule has 1 amide bonds. The first-order valence-electron chi connectivity index (χ1n) is 9.26. The Kier molecular flexibility index (Phi) is 5.57. The van der Waals surface area contributed by atoms with Crippen molar-refractivity contribution in [2.24, 2.45) is 0 Å². The van der Waals surface area contributed by atoms with Crippen LogP contribution in [0.15, 0.2) is 29.1 Å². The van der Waals surface area contributed by atoms with Gasteiger partial charge in [-0.15, -0.1) is 5.10 Å². The monoisotopic (exact) mass is 373 g/mol. The first-order valence-corrected chi connectivity index (χ1v) is 9.26. The molecule has 8 nitrogen and oxygen atoms in total. The molecule has 1 aromatic carbocycles. The molecule has 2 heterocycles. The van der Waals surface area contributed by atoms with E-state index in [0.29, 0.717) is 17.4 Å². The summed E-state index contributed by atoms with van der Waals surface area (Å²) in [4.78, 5) is 27.1. The van der Waals surface area contributed by atoms with Crippen LogP contribution in [0.2, 0.25) is 0 Å². The van der Waals surface area contributed by atoms with Gasteiger partial charge in [0.25, 0.3) is 5.56 Å². The average Bonchev–Trinajstić information content (AvgIpc) is 2.62. The van der Waals surface area contributed by atoms with Crippen LogP contribution in [0.1, 0.15) is 27.7 Å². The molecule has 0 saturated carbocycles. The number of carbonyl (C=O) groups is 1. The van der Waals surface area contributed by atoms with E-state index in [0.717, 1.165) is 17.8 Å². The molecule has 146 valence electrons. The summed E-state index contributed by atoms with van der Waals surface area (Å²) in [5, 5.41) is 11.3. The lowest BCUT2D eigenvalue weighted by Gasteiger charge is -2.45. The second-order valence-electron chi connectivity index (χ2n) is 7.82. The third-order valence-corrected chi connectivity index (χ3v) is 4.92. The quantitative estimate of drug-likeness (QED) is 0.834. The van der Waals surface area contributed by atoms with Crippen molar-refractivity contribution in [3.63, 3.8) is 0 Å². The van der Waals surface area contributed by atoms with Crippen LogP contribution in [-0.4, -0.2) is 63.2 Å². The van der Waals surface area contributed by atoms with Gasteiger partial charge in [-0.3, -0.25) is 14.5 Å². The topological polar surface area (TPSA) is 89.4 Å². The van der Waals surface area contributed by atoms with Crippen molar-refractivity contribution in [2.75, 3.05) is 19.6 Å². The number of benzene rings is 1. The van der Waals surface area contributed by atoms with Gasteiger partial charge in [0.05, 0.1) is 17.6 Å². The maximum Gasteiger partial charge on any atom is 0.278 e. The van der Waals surface area contributed by atoms with Gasteiger partial charge in [0.2, 0.25) is 5.91 Å². The maximum atomic E-state index is 12.4. The van der Waals surface area contributed by atoms with Gasteiger partial charge >= 0.3 is 0 Å². The van der Waals surface area contributed by atoms with Crippen molar-refractivity contribution in [3.8, 4) is 0 Å². The fourth-order valence-electron chi connectivity index (χ4n) is 3.42. The van der Waals surface area contributed by atoms with Gasteiger partial charge in [-0.25, -0.2) is 4.68 Å². The van der Waals surface area contributed by atoms with Gasteiger partial charge < -0.3 is 10.1 Å². The molecule has 8 heteroatoms. The summed E-state index contributed by atoms with van der Waals surface area (Å²) in [6, 6.07) is 6.97. The van der Waals surface area contributed by atoms with E-state index in [1.165, 1.54) is 0 Å². The summed E-state index contributed by atoms with van der Waals surface area (Å²) in [6.45, 7) is 10.3. The Morgan fingerprint density at radius 2 is 1.93 bits per heavy atom. The number of aromatic nitrogens is 3. The number of hydrogen-bond donors (Lipinski definition) is 1. The molecule has 2 aromatic rings. The number of carbonyl (C=O) groups excluding carboxylic acids is 1. The van der Waals surface area contributed by atoms with Crippen LogP contribution in [0.25, 0.3) is 10.9 Å². The second kappa shape index (κ2) is 7.74. The molecule has 2 atom stereocenters. The van der Waals surface area contributed by atoms with Crippen LogP contribution in [-0.2, 0) is 16.1 Å². The molecule has 1 N–H and O–H groups in total. The zero-order valence-corrected chi connectivity index (χ0v) is 16.3. The van der Waals surface area contributed by atoms with Gasteiger partial charge in [0.1, 0.15) is 12.1 Å². The molecular formula is C19H27N5O3. The molecule has 1 aliphatic heterocycles. The Morgan fingerprint density at radius 1 is 1.26 bits per heavy atom. The minimum absolute atomic E-state index is 0.150. The van der Waals surface area contributed by atoms with E-state index in [9.17, 15) is 9.59 Å². The lowest BCUT2D eigenvalue weighted by molar-refractivity contribution is -0.123. The normalized spacial score (nSPS) is 21.3. The van der Waals surface area contributed by atoms with E-state index in [1.807, 2.05) is 0 Å². The standard InChI is InChI=1S/C19H27N5O3/c1-13-9-23(10-14(2)27-13)19(3,4)12-20-17(25)11-24-18(26)15-7-5-6-8-16(15)21-22-24/h5-8,13-14H,9-12H2,1-4H3,(H,20,25). The highest BCUT2D eigenvalue weighted by Gasteiger charge is 2.33. The van der Waals surface area contributed by atoms with Crippen molar-refractivity contribution in [3.05, 3.63) is 34.6 Å². The summed E-state index contributed by atoms with van der Waals surface area (Å²) in [5.41, 5.74) is -0.0104. The number of hydrogen-bond acceptors (Lipinski definition) is 6. The Morgan fingerprint density at radius 3 is 2.63 bits per heavy atom. The molecule has 1 aromatic heterocycles. The summed E-state index contributed by atoms with van der Waals surface area (Å²) in [5.74, 6) is -0.260.